The monoisotopic (exact) mass is 413 g/mol. The molecule has 2 aliphatic heterocycles. The fourth-order valence-electron chi connectivity index (χ4n) is 3.26. The Labute approximate surface area is 161 Å². The highest BCUT2D eigenvalue weighted by Crippen LogP contribution is 2.34. The summed E-state index contributed by atoms with van der Waals surface area (Å²) < 4.78 is 41.8. The van der Waals surface area contributed by atoms with E-state index < -0.39 is 26.8 Å². The Morgan fingerprint density at radius 2 is 2.11 bits per heavy atom. The smallest absolute Gasteiger partial charge is 0.247 e. The van der Waals surface area contributed by atoms with Gasteiger partial charge in [0.2, 0.25) is 21.8 Å². The third-order valence-electron chi connectivity index (χ3n) is 5.05. The number of anilines is 1. The summed E-state index contributed by atoms with van der Waals surface area (Å²) in [5.41, 5.74) is 0.883. The standard InChI is InChI=1S/C17H20FN3O4S2/c18-12-6-13-11(3-4-16(22)20-13)5-15(12)27(24,25)21-9-26-8-14(21)17(23)19-7-10-1-2-10/h5-6,10,14H,1-4,7-9H2,(H,19,23)(H,20,22). The van der Waals surface area contributed by atoms with Gasteiger partial charge in [-0.15, -0.1) is 11.8 Å². The van der Waals surface area contributed by atoms with Gasteiger partial charge in [-0.25, -0.2) is 12.8 Å². The van der Waals surface area contributed by atoms with Crippen molar-refractivity contribution in [2.24, 2.45) is 5.92 Å². The molecule has 1 aromatic carbocycles. The van der Waals surface area contributed by atoms with Gasteiger partial charge >= 0.3 is 0 Å². The quantitative estimate of drug-likeness (QED) is 0.759. The molecule has 0 spiro atoms. The average Bonchev–Trinajstić information content (AvgIpc) is 3.31. The topological polar surface area (TPSA) is 95.6 Å². The summed E-state index contributed by atoms with van der Waals surface area (Å²) in [4.78, 5) is 23.5. The molecular formula is C17H20FN3O4S2. The number of carbonyl (C=O) groups is 2. The second kappa shape index (κ2) is 7.06. The number of thioether (sulfide) groups is 1. The van der Waals surface area contributed by atoms with Crippen LogP contribution < -0.4 is 10.6 Å². The first-order valence-corrected chi connectivity index (χ1v) is 11.5. The lowest BCUT2D eigenvalue weighted by atomic mass is 10.0. The second-order valence-electron chi connectivity index (χ2n) is 7.08. The van der Waals surface area contributed by atoms with E-state index in [9.17, 15) is 22.4 Å². The Kier molecular flexibility index (Phi) is 4.89. The van der Waals surface area contributed by atoms with Crippen LogP contribution in [0.25, 0.3) is 0 Å². The molecule has 1 saturated carbocycles. The zero-order valence-corrected chi connectivity index (χ0v) is 16.2. The number of sulfonamides is 1. The van der Waals surface area contributed by atoms with E-state index in [1.807, 2.05) is 0 Å². The van der Waals surface area contributed by atoms with Crippen molar-refractivity contribution in [2.45, 2.75) is 36.6 Å². The number of nitrogens with zero attached hydrogens (tertiary/aromatic N) is 1. The molecule has 10 heteroatoms. The van der Waals surface area contributed by atoms with Crippen molar-refractivity contribution >= 4 is 39.3 Å². The lowest BCUT2D eigenvalue weighted by Gasteiger charge is -2.24. The highest BCUT2D eigenvalue weighted by atomic mass is 32.2. The van der Waals surface area contributed by atoms with Crippen LogP contribution >= 0.6 is 11.8 Å². The number of amides is 2. The third-order valence-corrected chi connectivity index (χ3v) is 8.09. The zero-order valence-electron chi connectivity index (χ0n) is 14.5. The molecule has 0 bridgehead atoms. The minimum Gasteiger partial charge on any atom is -0.354 e. The number of nitrogens with one attached hydrogen (secondary N) is 2. The molecule has 2 heterocycles. The Bertz CT molecular complexity index is 902. The SMILES string of the molecule is O=C1CCc2cc(S(=O)(=O)N3CSCC3C(=O)NCC3CC3)c(F)cc2N1. The average molecular weight is 413 g/mol. The van der Waals surface area contributed by atoms with E-state index in [0.29, 0.717) is 35.9 Å². The summed E-state index contributed by atoms with van der Waals surface area (Å²) in [7, 11) is -4.17. The van der Waals surface area contributed by atoms with E-state index in [1.54, 1.807) is 0 Å². The first-order chi connectivity index (χ1) is 12.9. The van der Waals surface area contributed by atoms with E-state index in [1.165, 1.54) is 17.8 Å². The predicted molar refractivity (Wildman–Crippen MR) is 99.2 cm³/mol. The highest BCUT2D eigenvalue weighted by Gasteiger charge is 2.41. The van der Waals surface area contributed by atoms with Crippen LogP contribution in [0.1, 0.15) is 24.8 Å². The summed E-state index contributed by atoms with van der Waals surface area (Å²) in [5.74, 6) is -0.538. The van der Waals surface area contributed by atoms with Gasteiger partial charge in [0.25, 0.3) is 0 Å². The molecule has 0 radical (unpaired) electrons. The second-order valence-corrected chi connectivity index (χ2v) is 9.94. The molecule has 0 aromatic heterocycles. The Morgan fingerprint density at radius 1 is 1.33 bits per heavy atom. The molecule has 3 aliphatic rings. The normalized spacial score (nSPS) is 23.0. The van der Waals surface area contributed by atoms with Gasteiger partial charge in [-0.05, 0) is 42.9 Å². The Morgan fingerprint density at radius 3 is 2.85 bits per heavy atom. The van der Waals surface area contributed by atoms with Crippen molar-refractivity contribution in [2.75, 3.05) is 23.5 Å². The maximum Gasteiger partial charge on any atom is 0.247 e. The van der Waals surface area contributed by atoms with E-state index >= 15 is 0 Å². The van der Waals surface area contributed by atoms with Gasteiger partial charge < -0.3 is 10.6 Å². The molecular weight excluding hydrogens is 393 g/mol. The van der Waals surface area contributed by atoms with Crippen LogP contribution in [0.4, 0.5) is 10.1 Å². The van der Waals surface area contributed by atoms with Crippen LogP contribution in [0, 0.1) is 11.7 Å². The Hall–Kier alpha value is -1.65. The van der Waals surface area contributed by atoms with Crippen molar-refractivity contribution in [1.29, 1.82) is 0 Å². The number of halogens is 1. The molecule has 4 rings (SSSR count). The molecule has 1 aliphatic carbocycles. The molecule has 2 amide bonds. The molecule has 27 heavy (non-hydrogen) atoms. The summed E-state index contributed by atoms with van der Waals surface area (Å²) in [5, 5.41) is 5.36. The maximum atomic E-state index is 14.6. The number of aryl methyl sites for hydroxylation is 1. The minimum absolute atomic E-state index is 0.108. The van der Waals surface area contributed by atoms with Gasteiger partial charge in [-0.3, -0.25) is 9.59 Å². The lowest BCUT2D eigenvalue weighted by Crippen LogP contribution is -2.47. The van der Waals surface area contributed by atoms with Crippen LogP contribution in [0.15, 0.2) is 17.0 Å². The molecule has 146 valence electrons. The summed E-state index contributed by atoms with van der Waals surface area (Å²) >= 11 is 1.33. The number of rotatable bonds is 5. The zero-order chi connectivity index (χ0) is 19.2. The van der Waals surface area contributed by atoms with Crippen LogP contribution in [-0.4, -0.2) is 48.8 Å². The first kappa shape index (κ1) is 18.7. The lowest BCUT2D eigenvalue weighted by molar-refractivity contribution is -0.123. The molecule has 1 aromatic rings. The van der Waals surface area contributed by atoms with E-state index in [4.69, 9.17) is 0 Å². The summed E-state index contributed by atoms with van der Waals surface area (Å²) in [6, 6.07) is 1.49. The van der Waals surface area contributed by atoms with Crippen LogP contribution in [-0.2, 0) is 26.0 Å². The van der Waals surface area contributed by atoms with Crippen molar-refractivity contribution in [3.8, 4) is 0 Å². The van der Waals surface area contributed by atoms with Gasteiger partial charge in [-0.1, -0.05) is 0 Å². The van der Waals surface area contributed by atoms with E-state index in [-0.39, 0.29) is 24.1 Å². The number of fused-ring (bicyclic) bond motifs is 1. The summed E-state index contributed by atoms with van der Waals surface area (Å²) in [6.07, 6.45) is 2.74. The van der Waals surface area contributed by atoms with Crippen LogP contribution in [0.3, 0.4) is 0 Å². The Balaban J connectivity index is 1.60. The summed E-state index contributed by atoms with van der Waals surface area (Å²) in [6.45, 7) is 0.556. The molecule has 7 nitrogen and oxygen atoms in total. The van der Waals surface area contributed by atoms with Gasteiger partial charge in [0.15, 0.2) is 0 Å². The third kappa shape index (κ3) is 3.70. The minimum atomic E-state index is -4.17. The highest BCUT2D eigenvalue weighted by molar-refractivity contribution is 8.00. The number of benzene rings is 1. The van der Waals surface area contributed by atoms with Crippen LogP contribution in [0.2, 0.25) is 0 Å². The number of carbonyl (C=O) groups excluding carboxylic acids is 2. The molecule has 2 N–H and O–H groups in total. The maximum absolute atomic E-state index is 14.6. The van der Waals surface area contributed by atoms with E-state index in [2.05, 4.69) is 10.6 Å². The van der Waals surface area contributed by atoms with Gasteiger partial charge in [0, 0.05) is 24.4 Å². The first-order valence-electron chi connectivity index (χ1n) is 8.86. The van der Waals surface area contributed by atoms with Crippen molar-refractivity contribution in [3.63, 3.8) is 0 Å². The van der Waals surface area contributed by atoms with Gasteiger partial charge in [-0.2, -0.15) is 4.31 Å². The fourth-order valence-corrected chi connectivity index (χ4v) is 6.51. The van der Waals surface area contributed by atoms with Crippen LogP contribution in [0.5, 0.6) is 0 Å². The number of hydrogen-bond acceptors (Lipinski definition) is 5. The van der Waals surface area contributed by atoms with Gasteiger partial charge in [0.05, 0.1) is 5.88 Å². The van der Waals surface area contributed by atoms with Crippen molar-refractivity contribution < 1.29 is 22.4 Å². The molecule has 1 saturated heterocycles. The predicted octanol–water partition coefficient (Wildman–Crippen LogP) is 1.30. The number of hydrogen-bond donors (Lipinski definition) is 2. The van der Waals surface area contributed by atoms with Gasteiger partial charge in [0.1, 0.15) is 16.8 Å². The van der Waals surface area contributed by atoms with Crippen molar-refractivity contribution in [3.05, 3.63) is 23.5 Å². The van der Waals surface area contributed by atoms with E-state index in [0.717, 1.165) is 23.2 Å². The molecule has 1 atom stereocenters. The largest absolute Gasteiger partial charge is 0.354 e. The van der Waals surface area contributed by atoms with Crippen molar-refractivity contribution in [1.82, 2.24) is 9.62 Å². The fraction of sp³-hybridized carbons (Fsp3) is 0.529. The molecule has 1 unspecified atom stereocenters. The molecule has 2 fully saturated rings.